The minimum atomic E-state index is -0.687. The molecule has 1 heterocycles. The molecular weight excluding hydrogens is 265 g/mol. The molecule has 20 heavy (non-hydrogen) atoms. The molecule has 108 valence electrons. The first kappa shape index (κ1) is 14.4. The van der Waals surface area contributed by atoms with Crippen molar-refractivity contribution in [1.29, 1.82) is 0 Å². The fourth-order valence-corrected chi connectivity index (χ4v) is 2.36. The third-order valence-corrected chi connectivity index (χ3v) is 3.56. The minimum absolute atomic E-state index is 0.104. The third kappa shape index (κ3) is 2.62. The van der Waals surface area contributed by atoms with Crippen LogP contribution in [-0.2, 0) is 0 Å². The number of carbonyl (C=O) groups excluding carboxylic acids is 1. The number of aryl methyl sites for hydroxylation is 1. The second kappa shape index (κ2) is 5.54. The van der Waals surface area contributed by atoms with Crippen molar-refractivity contribution in [2.24, 2.45) is 0 Å². The van der Waals surface area contributed by atoms with E-state index in [0.717, 1.165) is 18.6 Å². The minimum Gasteiger partial charge on any atom is -0.337 e. The van der Waals surface area contributed by atoms with Crippen molar-refractivity contribution in [3.8, 4) is 0 Å². The Morgan fingerprint density at radius 3 is 2.80 bits per heavy atom. The molecule has 1 atom stereocenters. The molecule has 7 heteroatoms. The number of benzene rings is 1. The standard InChI is InChI=1S/C13H16FN3O3/c1-8-5-10(17(19)20)6-11(12(8)14)13(18)16-4-3-9(7-16)15-2/h5-6,9,15H,3-4,7H2,1-2H3. The molecular formula is C13H16FN3O3. The smallest absolute Gasteiger partial charge is 0.270 e. The van der Waals surface area contributed by atoms with Gasteiger partial charge in [-0.3, -0.25) is 14.9 Å². The fourth-order valence-electron chi connectivity index (χ4n) is 2.36. The average Bonchev–Trinajstić information content (AvgIpc) is 2.89. The van der Waals surface area contributed by atoms with E-state index in [4.69, 9.17) is 0 Å². The van der Waals surface area contributed by atoms with Crippen molar-refractivity contribution in [2.45, 2.75) is 19.4 Å². The molecule has 0 aliphatic carbocycles. The Balaban J connectivity index is 2.32. The number of non-ortho nitro benzene ring substituents is 1. The van der Waals surface area contributed by atoms with Gasteiger partial charge >= 0.3 is 0 Å². The van der Waals surface area contributed by atoms with E-state index >= 15 is 0 Å². The van der Waals surface area contributed by atoms with E-state index < -0.39 is 16.6 Å². The Labute approximate surface area is 115 Å². The normalized spacial score (nSPS) is 18.4. The van der Waals surface area contributed by atoms with Gasteiger partial charge in [0.2, 0.25) is 0 Å². The molecule has 1 unspecified atom stereocenters. The molecule has 1 amide bonds. The zero-order valence-corrected chi connectivity index (χ0v) is 11.4. The Morgan fingerprint density at radius 2 is 2.25 bits per heavy atom. The molecule has 6 nitrogen and oxygen atoms in total. The number of amides is 1. The highest BCUT2D eigenvalue weighted by Crippen LogP contribution is 2.23. The van der Waals surface area contributed by atoms with E-state index in [0.29, 0.717) is 13.1 Å². The number of nitrogens with zero attached hydrogens (tertiary/aromatic N) is 2. The highest BCUT2D eigenvalue weighted by Gasteiger charge is 2.29. The van der Waals surface area contributed by atoms with Gasteiger partial charge in [-0.05, 0) is 26.0 Å². The van der Waals surface area contributed by atoms with E-state index in [-0.39, 0.29) is 22.9 Å². The van der Waals surface area contributed by atoms with Gasteiger partial charge < -0.3 is 10.2 Å². The first-order valence-electron chi connectivity index (χ1n) is 6.35. The number of nitrogens with one attached hydrogen (secondary N) is 1. The van der Waals surface area contributed by atoms with E-state index in [1.54, 1.807) is 7.05 Å². The van der Waals surface area contributed by atoms with Crippen LogP contribution in [-0.4, -0.2) is 41.9 Å². The summed E-state index contributed by atoms with van der Waals surface area (Å²) < 4.78 is 14.0. The summed E-state index contributed by atoms with van der Waals surface area (Å²) >= 11 is 0. The molecule has 1 aromatic rings. The second-order valence-electron chi connectivity index (χ2n) is 4.91. The van der Waals surface area contributed by atoms with Gasteiger partial charge in [0.05, 0.1) is 10.5 Å². The average molecular weight is 281 g/mol. The van der Waals surface area contributed by atoms with Crippen LogP contribution >= 0.6 is 0 Å². The summed E-state index contributed by atoms with van der Waals surface area (Å²) in [6.45, 7) is 2.42. The summed E-state index contributed by atoms with van der Waals surface area (Å²) in [5.41, 5.74) is -0.392. The van der Waals surface area contributed by atoms with Crippen molar-refractivity contribution < 1.29 is 14.1 Å². The van der Waals surface area contributed by atoms with Crippen LogP contribution in [0.5, 0.6) is 0 Å². The van der Waals surface area contributed by atoms with Gasteiger partial charge in [-0.1, -0.05) is 0 Å². The van der Waals surface area contributed by atoms with Crippen LogP contribution in [0, 0.1) is 22.9 Å². The molecule has 0 bridgehead atoms. The Bertz CT molecular complexity index is 562. The molecule has 1 fully saturated rings. The Hall–Kier alpha value is -2.02. The lowest BCUT2D eigenvalue weighted by Gasteiger charge is -2.17. The Kier molecular flexibility index (Phi) is 3.99. The maximum absolute atomic E-state index is 14.0. The SMILES string of the molecule is CNC1CCN(C(=O)c2cc([N+](=O)[O-])cc(C)c2F)C1. The molecule has 1 N–H and O–H groups in total. The molecule has 1 saturated heterocycles. The molecule has 1 aliphatic rings. The predicted octanol–water partition coefficient (Wildman–Crippen LogP) is 1.48. The largest absolute Gasteiger partial charge is 0.337 e. The van der Waals surface area contributed by atoms with Gasteiger partial charge in [0.15, 0.2) is 0 Å². The molecule has 0 saturated carbocycles. The number of nitro benzene ring substituents is 1. The van der Waals surface area contributed by atoms with Gasteiger partial charge in [-0.2, -0.15) is 0 Å². The number of nitro groups is 1. The molecule has 1 aliphatic heterocycles. The van der Waals surface area contributed by atoms with E-state index in [9.17, 15) is 19.3 Å². The maximum Gasteiger partial charge on any atom is 0.270 e. The number of likely N-dealkylation sites (tertiary alicyclic amines) is 1. The first-order chi connectivity index (χ1) is 9.43. The number of halogens is 1. The van der Waals surface area contributed by atoms with Gasteiger partial charge in [-0.25, -0.2) is 4.39 Å². The topological polar surface area (TPSA) is 75.5 Å². The Morgan fingerprint density at radius 1 is 1.55 bits per heavy atom. The van der Waals surface area contributed by atoms with Crippen LogP contribution < -0.4 is 5.32 Å². The van der Waals surface area contributed by atoms with Crippen LogP contribution in [0.25, 0.3) is 0 Å². The van der Waals surface area contributed by atoms with Gasteiger partial charge in [-0.15, -0.1) is 0 Å². The first-order valence-corrected chi connectivity index (χ1v) is 6.35. The monoisotopic (exact) mass is 281 g/mol. The lowest BCUT2D eigenvalue weighted by atomic mass is 10.1. The molecule has 0 spiro atoms. The number of hydrogen-bond acceptors (Lipinski definition) is 4. The summed E-state index contributed by atoms with van der Waals surface area (Å²) in [5.74, 6) is -1.18. The van der Waals surface area contributed by atoms with Crippen molar-refractivity contribution in [3.63, 3.8) is 0 Å². The number of carbonyl (C=O) groups is 1. The lowest BCUT2D eigenvalue weighted by Crippen LogP contribution is -2.34. The van der Waals surface area contributed by atoms with Crippen LogP contribution in [0.15, 0.2) is 12.1 Å². The van der Waals surface area contributed by atoms with Crippen LogP contribution in [0.2, 0.25) is 0 Å². The predicted molar refractivity (Wildman–Crippen MR) is 71.2 cm³/mol. The summed E-state index contributed by atoms with van der Waals surface area (Å²) in [5, 5.41) is 13.9. The quantitative estimate of drug-likeness (QED) is 0.672. The molecule has 0 radical (unpaired) electrons. The molecule has 2 rings (SSSR count). The van der Waals surface area contributed by atoms with Gasteiger partial charge in [0, 0.05) is 31.3 Å². The zero-order valence-electron chi connectivity index (χ0n) is 11.4. The number of rotatable bonds is 3. The van der Waals surface area contributed by atoms with Crippen LogP contribution in [0.3, 0.4) is 0 Å². The van der Waals surface area contributed by atoms with Crippen molar-refractivity contribution in [1.82, 2.24) is 10.2 Å². The van der Waals surface area contributed by atoms with Gasteiger partial charge in [0.25, 0.3) is 11.6 Å². The van der Waals surface area contributed by atoms with E-state index in [1.165, 1.54) is 11.8 Å². The van der Waals surface area contributed by atoms with Crippen molar-refractivity contribution in [2.75, 3.05) is 20.1 Å². The highest BCUT2D eigenvalue weighted by molar-refractivity contribution is 5.95. The van der Waals surface area contributed by atoms with Crippen LogP contribution in [0.1, 0.15) is 22.3 Å². The molecule has 0 aromatic heterocycles. The second-order valence-corrected chi connectivity index (χ2v) is 4.91. The summed E-state index contributed by atoms with van der Waals surface area (Å²) in [4.78, 5) is 24.0. The third-order valence-electron chi connectivity index (χ3n) is 3.56. The van der Waals surface area contributed by atoms with Crippen molar-refractivity contribution >= 4 is 11.6 Å². The van der Waals surface area contributed by atoms with Gasteiger partial charge in [0.1, 0.15) is 5.82 Å². The molecule has 1 aromatic carbocycles. The summed E-state index contributed by atoms with van der Waals surface area (Å²) in [7, 11) is 1.80. The highest BCUT2D eigenvalue weighted by atomic mass is 19.1. The zero-order chi connectivity index (χ0) is 14.9. The summed E-state index contributed by atoms with van der Waals surface area (Å²) in [6.07, 6.45) is 0.789. The fraction of sp³-hybridized carbons (Fsp3) is 0.462. The van der Waals surface area contributed by atoms with Crippen LogP contribution in [0.4, 0.5) is 10.1 Å². The van der Waals surface area contributed by atoms with E-state index in [1.807, 2.05) is 0 Å². The number of hydrogen-bond donors (Lipinski definition) is 1. The summed E-state index contributed by atoms with van der Waals surface area (Å²) in [6, 6.07) is 2.32. The number of likely N-dealkylation sites (N-methyl/N-ethyl adjacent to an activating group) is 1. The van der Waals surface area contributed by atoms with Crippen molar-refractivity contribution in [3.05, 3.63) is 39.2 Å². The van der Waals surface area contributed by atoms with E-state index in [2.05, 4.69) is 5.32 Å². The lowest BCUT2D eigenvalue weighted by molar-refractivity contribution is -0.385. The maximum atomic E-state index is 14.0.